The van der Waals surface area contributed by atoms with Crippen molar-refractivity contribution in [3.63, 3.8) is 0 Å². The number of fused-ring (bicyclic) bond motifs is 1. The van der Waals surface area contributed by atoms with Crippen molar-refractivity contribution < 1.29 is 14.1 Å². The van der Waals surface area contributed by atoms with Gasteiger partial charge >= 0.3 is 5.76 Å². The summed E-state index contributed by atoms with van der Waals surface area (Å²) in [6.45, 7) is 1.12. The lowest BCUT2D eigenvalue weighted by Gasteiger charge is -2.16. The van der Waals surface area contributed by atoms with Crippen LogP contribution in [0.1, 0.15) is 25.1 Å². The van der Waals surface area contributed by atoms with Crippen molar-refractivity contribution in [1.29, 1.82) is 0 Å². The number of aromatic amines is 1. The lowest BCUT2D eigenvalue weighted by molar-refractivity contribution is -0.131. The van der Waals surface area contributed by atoms with Gasteiger partial charge in [-0.1, -0.05) is 11.6 Å². The van der Waals surface area contributed by atoms with E-state index in [9.17, 15) is 9.59 Å². The van der Waals surface area contributed by atoms with E-state index in [0.29, 0.717) is 37.2 Å². The van der Waals surface area contributed by atoms with E-state index in [2.05, 4.69) is 20.0 Å². The summed E-state index contributed by atoms with van der Waals surface area (Å²) in [5.41, 5.74) is 0. The van der Waals surface area contributed by atoms with Crippen LogP contribution in [0, 0.1) is 11.8 Å². The Morgan fingerprint density at radius 2 is 2.37 bits per heavy atom. The second-order valence-corrected chi connectivity index (χ2v) is 5.19. The first-order valence-corrected chi connectivity index (χ1v) is 6.68. The molecule has 0 bridgehead atoms. The Hall–Kier alpha value is -1.63. The maximum atomic E-state index is 12.0. The highest BCUT2D eigenvalue weighted by atomic mass is 16.5. The quantitative estimate of drug-likeness (QED) is 0.789. The molecular formula is C12H17N3O4. The van der Waals surface area contributed by atoms with Gasteiger partial charge in [-0.3, -0.25) is 14.3 Å². The Morgan fingerprint density at radius 3 is 3.16 bits per heavy atom. The van der Waals surface area contributed by atoms with Gasteiger partial charge in [-0.15, -0.1) is 0 Å². The lowest BCUT2D eigenvalue weighted by atomic mass is 9.94. The maximum absolute atomic E-state index is 12.0. The summed E-state index contributed by atoms with van der Waals surface area (Å²) < 4.78 is 9.96. The van der Waals surface area contributed by atoms with Gasteiger partial charge < -0.3 is 10.1 Å². The molecule has 0 aromatic carbocycles. The zero-order chi connectivity index (χ0) is 13.2. The second-order valence-electron chi connectivity index (χ2n) is 5.19. The van der Waals surface area contributed by atoms with Gasteiger partial charge in [-0.25, -0.2) is 4.79 Å². The Kier molecular flexibility index (Phi) is 3.37. The number of amides is 1. The van der Waals surface area contributed by atoms with Gasteiger partial charge in [0.1, 0.15) is 6.10 Å². The molecule has 1 saturated heterocycles. The average molecular weight is 267 g/mol. The van der Waals surface area contributed by atoms with E-state index in [1.165, 1.54) is 12.8 Å². The Labute approximate surface area is 109 Å². The number of ether oxygens (including phenoxy) is 1. The van der Waals surface area contributed by atoms with E-state index >= 15 is 0 Å². The van der Waals surface area contributed by atoms with Gasteiger partial charge in [0.15, 0.2) is 5.82 Å². The summed E-state index contributed by atoms with van der Waals surface area (Å²) in [6, 6.07) is 0. The van der Waals surface area contributed by atoms with E-state index in [4.69, 9.17) is 4.74 Å². The molecule has 0 radical (unpaired) electrons. The van der Waals surface area contributed by atoms with Crippen LogP contribution in [0.25, 0.3) is 0 Å². The summed E-state index contributed by atoms with van der Waals surface area (Å²) in [5.74, 6) is 0.750. The fraction of sp³-hybridized carbons (Fsp3) is 0.750. The number of H-pyrrole nitrogens is 1. The van der Waals surface area contributed by atoms with Crippen LogP contribution in [0.4, 0.5) is 0 Å². The van der Waals surface area contributed by atoms with Crippen LogP contribution in [0.2, 0.25) is 0 Å². The minimum absolute atomic E-state index is 0.0553. The topological polar surface area (TPSA) is 97.2 Å². The molecule has 2 N–H and O–H groups in total. The van der Waals surface area contributed by atoms with Crippen molar-refractivity contribution in [2.24, 2.45) is 11.8 Å². The lowest BCUT2D eigenvalue weighted by Crippen LogP contribution is -2.39. The minimum atomic E-state index is -0.575. The number of carbonyl (C=O) groups is 1. The van der Waals surface area contributed by atoms with E-state index < -0.39 is 5.76 Å². The third kappa shape index (κ3) is 2.56. The van der Waals surface area contributed by atoms with Crippen LogP contribution < -0.4 is 11.1 Å². The first-order chi connectivity index (χ1) is 9.24. The van der Waals surface area contributed by atoms with Crippen molar-refractivity contribution in [1.82, 2.24) is 15.5 Å². The van der Waals surface area contributed by atoms with Crippen LogP contribution in [-0.4, -0.2) is 35.3 Å². The summed E-state index contributed by atoms with van der Waals surface area (Å²) in [6.07, 6.45) is 3.60. The first kappa shape index (κ1) is 12.4. The molecular weight excluding hydrogens is 250 g/mol. The third-order valence-corrected chi connectivity index (χ3v) is 4.00. The molecule has 0 spiro atoms. The number of rotatable bonds is 4. The summed E-state index contributed by atoms with van der Waals surface area (Å²) in [5, 5.41) is 6.37. The van der Waals surface area contributed by atoms with E-state index in [1.807, 2.05) is 0 Å². The molecule has 2 fully saturated rings. The predicted molar refractivity (Wildman–Crippen MR) is 64.4 cm³/mol. The van der Waals surface area contributed by atoms with Crippen molar-refractivity contribution in [2.45, 2.75) is 31.8 Å². The Balaban J connectivity index is 1.47. The number of hydrogen-bond donors (Lipinski definition) is 2. The van der Waals surface area contributed by atoms with Crippen LogP contribution in [0.3, 0.4) is 0 Å². The number of hydrogen-bond acceptors (Lipinski definition) is 5. The zero-order valence-corrected chi connectivity index (χ0v) is 10.6. The van der Waals surface area contributed by atoms with Gasteiger partial charge in [-0.2, -0.15) is 0 Å². The van der Waals surface area contributed by atoms with E-state index in [1.54, 1.807) is 0 Å². The van der Waals surface area contributed by atoms with Crippen LogP contribution in [0.15, 0.2) is 9.32 Å². The van der Waals surface area contributed by atoms with Gasteiger partial charge in [-0.05, 0) is 24.7 Å². The van der Waals surface area contributed by atoms with E-state index in [-0.39, 0.29) is 12.0 Å². The summed E-state index contributed by atoms with van der Waals surface area (Å²) in [7, 11) is 0. The van der Waals surface area contributed by atoms with Crippen LogP contribution in [-0.2, 0) is 16.0 Å². The van der Waals surface area contributed by atoms with Gasteiger partial charge in [0.2, 0.25) is 5.91 Å². The molecule has 3 rings (SSSR count). The number of nitrogens with one attached hydrogen (secondary N) is 2. The molecule has 1 aromatic rings. The average Bonchev–Trinajstić information content (AvgIpc) is 3.04. The molecule has 7 heteroatoms. The maximum Gasteiger partial charge on any atom is 0.438 e. The Bertz CT molecular complexity index is 509. The van der Waals surface area contributed by atoms with Crippen LogP contribution >= 0.6 is 0 Å². The molecule has 19 heavy (non-hydrogen) atoms. The van der Waals surface area contributed by atoms with Crippen molar-refractivity contribution >= 4 is 5.91 Å². The fourth-order valence-electron chi connectivity index (χ4n) is 3.06. The monoisotopic (exact) mass is 267 g/mol. The molecule has 1 saturated carbocycles. The van der Waals surface area contributed by atoms with Gasteiger partial charge in [0.05, 0.1) is 6.61 Å². The van der Waals surface area contributed by atoms with Crippen molar-refractivity contribution in [2.75, 3.05) is 13.2 Å². The molecule has 1 aromatic heterocycles. The fourth-order valence-corrected chi connectivity index (χ4v) is 3.06. The molecule has 2 aliphatic rings. The number of aromatic nitrogens is 2. The van der Waals surface area contributed by atoms with E-state index in [0.717, 1.165) is 6.42 Å². The van der Waals surface area contributed by atoms with Gasteiger partial charge in [0, 0.05) is 13.0 Å². The molecule has 104 valence electrons. The highest BCUT2D eigenvalue weighted by Crippen LogP contribution is 2.40. The highest BCUT2D eigenvalue weighted by molar-refractivity contribution is 5.81. The third-order valence-electron chi connectivity index (χ3n) is 4.00. The first-order valence-electron chi connectivity index (χ1n) is 6.68. The van der Waals surface area contributed by atoms with Gasteiger partial charge in [0.25, 0.3) is 0 Å². The standard InChI is InChI=1S/C12H17N3O4/c16-11(10-8-3-1-2-7(8)6-18-10)13-5-4-9-14-12(17)19-15-9/h7-8,10H,1-6H2,(H,13,16)(H,14,15,17)/t7-,8-,10+/m0/s1. The molecule has 2 heterocycles. The zero-order valence-electron chi connectivity index (χ0n) is 10.6. The van der Waals surface area contributed by atoms with Crippen LogP contribution in [0.5, 0.6) is 0 Å². The van der Waals surface area contributed by atoms with Crippen molar-refractivity contribution in [3.8, 4) is 0 Å². The molecule has 1 aliphatic heterocycles. The summed E-state index contributed by atoms with van der Waals surface area (Å²) in [4.78, 5) is 25.2. The molecule has 1 aliphatic carbocycles. The summed E-state index contributed by atoms with van der Waals surface area (Å²) >= 11 is 0. The molecule has 1 amide bonds. The smallest absolute Gasteiger partial charge is 0.368 e. The molecule has 7 nitrogen and oxygen atoms in total. The Morgan fingerprint density at radius 1 is 1.47 bits per heavy atom. The number of nitrogens with zero attached hydrogens (tertiary/aromatic N) is 1. The number of carbonyl (C=O) groups excluding carboxylic acids is 1. The normalized spacial score (nSPS) is 29.4. The minimum Gasteiger partial charge on any atom is -0.368 e. The van der Waals surface area contributed by atoms with Crippen molar-refractivity contribution in [3.05, 3.63) is 16.4 Å². The largest absolute Gasteiger partial charge is 0.438 e. The second kappa shape index (κ2) is 5.16. The molecule has 3 atom stereocenters. The predicted octanol–water partition coefficient (Wildman–Crippen LogP) is -0.163. The SMILES string of the molecule is O=C(NCCc1noc(=O)[nH]1)[C@@H]1OC[C@@H]2CCC[C@@H]21. The highest BCUT2D eigenvalue weighted by Gasteiger charge is 2.43. The molecule has 0 unspecified atom stereocenters.